The second-order valence-corrected chi connectivity index (χ2v) is 4.40. The first-order valence-corrected chi connectivity index (χ1v) is 6.08. The van der Waals surface area contributed by atoms with Gasteiger partial charge in [0.1, 0.15) is 0 Å². The molecule has 2 aromatic carbocycles. The predicted octanol–water partition coefficient (Wildman–Crippen LogP) is 3.00. The van der Waals surface area contributed by atoms with Crippen LogP contribution in [-0.4, -0.2) is 5.91 Å². The lowest BCUT2D eigenvalue weighted by atomic mass is 10.1. The topological polar surface area (TPSA) is 29.1 Å². The van der Waals surface area contributed by atoms with Crippen molar-refractivity contribution >= 4 is 17.5 Å². The van der Waals surface area contributed by atoms with Gasteiger partial charge in [-0.1, -0.05) is 48.0 Å². The molecule has 0 aliphatic carbocycles. The standard InChI is InChI=1S/C15H13ClNO/c16-14-8-6-13(7-9-14)11-17-15(18)10-12-4-2-1-3-5-12/h1-4,6-9H,10-11H2,(H,17,18). The van der Waals surface area contributed by atoms with Crippen molar-refractivity contribution < 1.29 is 4.79 Å². The normalized spacial score (nSPS) is 10.1. The highest BCUT2D eigenvalue weighted by Gasteiger charge is 2.02. The third kappa shape index (κ3) is 3.90. The van der Waals surface area contributed by atoms with Gasteiger partial charge >= 0.3 is 0 Å². The Balaban J connectivity index is 1.83. The molecule has 0 spiro atoms. The van der Waals surface area contributed by atoms with Crippen LogP contribution in [-0.2, 0) is 17.8 Å². The summed E-state index contributed by atoms with van der Waals surface area (Å²) >= 11 is 5.79. The maximum Gasteiger partial charge on any atom is 0.224 e. The Hall–Kier alpha value is -1.80. The van der Waals surface area contributed by atoms with Crippen LogP contribution in [0.3, 0.4) is 0 Å². The summed E-state index contributed by atoms with van der Waals surface area (Å²) in [5, 5.41) is 3.56. The minimum atomic E-state index is -0.00704. The van der Waals surface area contributed by atoms with Crippen LogP contribution in [0.25, 0.3) is 0 Å². The summed E-state index contributed by atoms with van der Waals surface area (Å²) in [5.74, 6) is -0.00704. The molecule has 1 radical (unpaired) electrons. The van der Waals surface area contributed by atoms with Gasteiger partial charge in [0, 0.05) is 11.6 Å². The van der Waals surface area contributed by atoms with Crippen molar-refractivity contribution in [1.82, 2.24) is 5.32 Å². The van der Waals surface area contributed by atoms with Crippen LogP contribution in [0.1, 0.15) is 11.1 Å². The molecule has 1 amide bonds. The van der Waals surface area contributed by atoms with Crippen molar-refractivity contribution in [2.24, 2.45) is 0 Å². The van der Waals surface area contributed by atoms with Crippen LogP contribution >= 0.6 is 11.6 Å². The number of hydrogen-bond donors (Lipinski definition) is 1. The Bertz CT molecular complexity index is 508. The number of rotatable bonds is 4. The van der Waals surface area contributed by atoms with Gasteiger partial charge in [-0.05, 0) is 29.3 Å². The lowest BCUT2D eigenvalue weighted by molar-refractivity contribution is -0.120. The summed E-state index contributed by atoms with van der Waals surface area (Å²) < 4.78 is 0. The van der Waals surface area contributed by atoms with E-state index in [0.717, 1.165) is 11.1 Å². The summed E-state index contributed by atoms with van der Waals surface area (Å²) in [6, 6.07) is 17.9. The van der Waals surface area contributed by atoms with E-state index in [2.05, 4.69) is 11.4 Å². The van der Waals surface area contributed by atoms with Gasteiger partial charge in [-0.25, -0.2) is 0 Å². The molecule has 0 fully saturated rings. The molecule has 0 saturated heterocycles. The third-order valence-electron chi connectivity index (χ3n) is 2.53. The first-order chi connectivity index (χ1) is 8.74. The molecule has 0 aliphatic heterocycles. The number of carbonyl (C=O) groups excluding carboxylic acids is 1. The van der Waals surface area contributed by atoms with Crippen LogP contribution in [0.15, 0.2) is 48.5 Å². The van der Waals surface area contributed by atoms with E-state index >= 15 is 0 Å². The minimum Gasteiger partial charge on any atom is -0.352 e. The molecule has 0 bridgehead atoms. The second-order valence-electron chi connectivity index (χ2n) is 3.97. The van der Waals surface area contributed by atoms with E-state index in [-0.39, 0.29) is 5.91 Å². The predicted molar refractivity (Wildman–Crippen MR) is 72.3 cm³/mol. The summed E-state index contributed by atoms with van der Waals surface area (Å²) in [5.41, 5.74) is 1.93. The third-order valence-corrected chi connectivity index (χ3v) is 2.78. The number of benzene rings is 2. The fourth-order valence-corrected chi connectivity index (χ4v) is 1.70. The quantitative estimate of drug-likeness (QED) is 0.898. The average molecular weight is 259 g/mol. The zero-order valence-electron chi connectivity index (χ0n) is 9.82. The lowest BCUT2D eigenvalue weighted by Crippen LogP contribution is -2.24. The van der Waals surface area contributed by atoms with Crippen LogP contribution < -0.4 is 5.32 Å². The van der Waals surface area contributed by atoms with Gasteiger partial charge in [0.15, 0.2) is 0 Å². The second kappa shape index (κ2) is 6.22. The molecule has 91 valence electrons. The molecule has 2 rings (SSSR count). The van der Waals surface area contributed by atoms with Crippen molar-refractivity contribution in [3.63, 3.8) is 0 Å². The number of amides is 1. The van der Waals surface area contributed by atoms with E-state index in [0.29, 0.717) is 18.0 Å². The molecular weight excluding hydrogens is 246 g/mol. The van der Waals surface area contributed by atoms with E-state index in [9.17, 15) is 4.79 Å². The average Bonchev–Trinajstić information content (AvgIpc) is 2.39. The fourth-order valence-electron chi connectivity index (χ4n) is 1.58. The smallest absolute Gasteiger partial charge is 0.224 e. The molecule has 1 N–H and O–H groups in total. The van der Waals surface area contributed by atoms with Crippen molar-refractivity contribution in [3.8, 4) is 0 Å². The highest BCUT2D eigenvalue weighted by Crippen LogP contribution is 2.09. The number of halogens is 1. The number of hydrogen-bond acceptors (Lipinski definition) is 1. The van der Waals surface area contributed by atoms with Crippen LogP contribution in [0, 0.1) is 6.07 Å². The van der Waals surface area contributed by atoms with E-state index in [1.54, 1.807) is 0 Å². The van der Waals surface area contributed by atoms with Gasteiger partial charge in [0.05, 0.1) is 6.42 Å². The molecule has 0 aliphatic rings. The molecule has 18 heavy (non-hydrogen) atoms. The molecule has 0 atom stereocenters. The summed E-state index contributed by atoms with van der Waals surface area (Å²) in [6.45, 7) is 0.517. The van der Waals surface area contributed by atoms with Crippen LogP contribution in [0.2, 0.25) is 5.02 Å². The molecule has 0 heterocycles. The molecule has 0 aromatic heterocycles. The molecule has 3 heteroatoms. The Morgan fingerprint density at radius 3 is 2.61 bits per heavy atom. The van der Waals surface area contributed by atoms with Crippen LogP contribution in [0.4, 0.5) is 0 Å². The Morgan fingerprint density at radius 2 is 1.94 bits per heavy atom. The van der Waals surface area contributed by atoms with E-state index in [1.807, 2.05) is 48.5 Å². The highest BCUT2D eigenvalue weighted by atomic mass is 35.5. The Morgan fingerprint density at radius 1 is 1.17 bits per heavy atom. The van der Waals surface area contributed by atoms with E-state index in [4.69, 9.17) is 11.6 Å². The van der Waals surface area contributed by atoms with Gasteiger partial charge < -0.3 is 5.32 Å². The van der Waals surface area contributed by atoms with Crippen molar-refractivity contribution in [1.29, 1.82) is 0 Å². The van der Waals surface area contributed by atoms with Gasteiger partial charge in [0.25, 0.3) is 0 Å². The summed E-state index contributed by atoms with van der Waals surface area (Å²) in [7, 11) is 0. The monoisotopic (exact) mass is 258 g/mol. The minimum absolute atomic E-state index is 0.00704. The Kier molecular flexibility index (Phi) is 4.37. The molecular formula is C15H13ClNO. The van der Waals surface area contributed by atoms with Crippen molar-refractivity contribution in [2.45, 2.75) is 13.0 Å². The first kappa shape index (κ1) is 12.7. The SMILES string of the molecule is O=C(Cc1[c]cccc1)NCc1ccc(Cl)cc1. The van der Waals surface area contributed by atoms with Gasteiger partial charge in [0.2, 0.25) is 5.91 Å². The number of carbonyl (C=O) groups is 1. The van der Waals surface area contributed by atoms with Crippen molar-refractivity contribution in [3.05, 3.63) is 70.7 Å². The Labute approximate surface area is 112 Å². The maximum atomic E-state index is 11.7. The van der Waals surface area contributed by atoms with Gasteiger partial charge in [-0.2, -0.15) is 0 Å². The molecule has 0 saturated carbocycles. The summed E-state index contributed by atoms with van der Waals surface area (Å²) in [4.78, 5) is 11.7. The highest BCUT2D eigenvalue weighted by molar-refractivity contribution is 6.30. The maximum absolute atomic E-state index is 11.7. The van der Waals surface area contributed by atoms with Crippen LogP contribution in [0.5, 0.6) is 0 Å². The van der Waals surface area contributed by atoms with Gasteiger partial charge in [-0.15, -0.1) is 0 Å². The van der Waals surface area contributed by atoms with E-state index < -0.39 is 0 Å². The molecule has 2 aromatic rings. The zero-order valence-corrected chi connectivity index (χ0v) is 10.6. The zero-order chi connectivity index (χ0) is 12.8. The molecule has 2 nitrogen and oxygen atoms in total. The fraction of sp³-hybridized carbons (Fsp3) is 0.133. The summed E-state index contributed by atoms with van der Waals surface area (Å²) in [6.07, 6.45) is 0.356. The van der Waals surface area contributed by atoms with E-state index in [1.165, 1.54) is 0 Å². The molecule has 0 unspecified atom stereocenters. The largest absolute Gasteiger partial charge is 0.352 e. The van der Waals surface area contributed by atoms with Gasteiger partial charge in [-0.3, -0.25) is 4.79 Å². The van der Waals surface area contributed by atoms with Crippen molar-refractivity contribution in [2.75, 3.05) is 0 Å². The lowest BCUT2D eigenvalue weighted by Gasteiger charge is -2.05. The number of nitrogens with one attached hydrogen (secondary N) is 1. The first-order valence-electron chi connectivity index (χ1n) is 5.71.